The Hall–Kier alpha value is -0.890. The third-order valence-corrected chi connectivity index (χ3v) is 1.53. The molecule has 2 nitrogen and oxygen atoms in total. The molecule has 1 rings (SSSR count). The highest BCUT2D eigenvalue weighted by molar-refractivity contribution is 5.97. The van der Waals surface area contributed by atoms with Gasteiger partial charge in [-0.15, -0.1) is 0 Å². The molecule has 10 heavy (non-hydrogen) atoms. The molecule has 0 bridgehead atoms. The highest BCUT2D eigenvalue weighted by atomic mass is 16.5. The first kappa shape index (κ1) is 7.22. The molecule has 1 aliphatic carbocycles. The van der Waals surface area contributed by atoms with Crippen LogP contribution in [0.2, 0.25) is 0 Å². The van der Waals surface area contributed by atoms with E-state index in [1.807, 2.05) is 13.0 Å². The molecule has 0 saturated heterocycles. The standard InChI is InChI=1S/C8H10O2/c1-6-4-3-5-7(9)8(6)10-2/h3-5,8H,1-2H3. The van der Waals surface area contributed by atoms with Gasteiger partial charge in [-0.1, -0.05) is 12.2 Å². The number of ether oxygens (including phenoxy) is 1. The van der Waals surface area contributed by atoms with Crippen molar-refractivity contribution in [3.05, 3.63) is 23.8 Å². The molecule has 0 aromatic heterocycles. The molecule has 0 spiro atoms. The van der Waals surface area contributed by atoms with Gasteiger partial charge >= 0.3 is 0 Å². The summed E-state index contributed by atoms with van der Waals surface area (Å²) in [4.78, 5) is 11.0. The van der Waals surface area contributed by atoms with Crippen molar-refractivity contribution in [3.63, 3.8) is 0 Å². The maximum atomic E-state index is 11.0. The first-order chi connectivity index (χ1) is 4.75. The van der Waals surface area contributed by atoms with Gasteiger partial charge in [0.25, 0.3) is 0 Å². The lowest BCUT2D eigenvalue weighted by molar-refractivity contribution is -0.122. The van der Waals surface area contributed by atoms with Gasteiger partial charge in [-0.3, -0.25) is 4.79 Å². The van der Waals surface area contributed by atoms with E-state index in [1.54, 1.807) is 13.2 Å². The Bertz CT molecular complexity index is 201. The summed E-state index contributed by atoms with van der Waals surface area (Å²) in [6.45, 7) is 1.88. The van der Waals surface area contributed by atoms with E-state index < -0.39 is 0 Å². The number of rotatable bonds is 1. The van der Waals surface area contributed by atoms with Gasteiger partial charge in [0.05, 0.1) is 0 Å². The normalized spacial score (nSPS) is 24.8. The van der Waals surface area contributed by atoms with E-state index >= 15 is 0 Å². The molecule has 0 fully saturated rings. The van der Waals surface area contributed by atoms with Crippen LogP contribution in [0.4, 0.5) is 0 Å². The predicted octanol–water partition coefficient (Wildman–Crippen LogP) is 1.09. The van der Waals surface area contributed by atoms with Crippen LogP contribution >= 0.6 is 0 Å². The first-order valence-electron chi connectivity index (χ1n) is 3.17. The Labute approximate surface area is 60.2 Å². The molecule has 0 amide bonds. The number of methoxy groups -OCH3 is 1. The molecule has 0 N–H and O–H groups in total. The lowest BCUT2D eigenvalue weighted by Gasteiger charge is -2.14. The van der Waals surface area contributed by atoms with Crippen molar-refractivity contribution >= 4 is 5.78 Å². The summed E-state index contributed by atoms with van der Waals surface area (Å²) >= 11 is 0. The SMILES string of the molecule is COC1C(=O)C=CC=C1C. The fourth-order valence-electron chi connectivity index (χ4n) is 0.996. The largest absolute Gasteiger partial charge is 0.369 e. The molecule has 54 valence electrons. The van der Waals surface area contributed by atoms with Gasteiger partial charge in [0.15, 0.2) is 5.78 Å². The molecule has 0 saturated carbocycles. The maximum absolute atomic E-state index is 11.0. The van der Waals surface area contributed by atoms with E-state index in [-0.39, 0.29) is 11.9 Å². The lowest BCUT2D eigenvalue weighted by atomic mass is 10.0. The van der Waals surface area contributed by atoms with E-state index in [0.29, 0.717) is 0 Å². The number of ketones is 1. The van der Waals surface area contributed by atoms with Gasteiger partial charge in [-0.25, -0.2) is 0 Å². The fourth-order valence-corrected chi connectivity index (χ4v) is 0.996. The maximum Gasteiger partial charge on any atom is 0.188 e. The number of hydrogen-bond donors (Lipinski definition) is 0. The van der Waals surface area contributed by atoms with E-state index in [2.05, 4.69) is 0 Å². The van der Waals surface area contributed by atoms with E-state index in [4.69, 9.17) is 4.74 Å². The Morgan fingerprint density at radius 2 is 2.30 bits per heavy atom. The van der Waals surface area contributed by atoms with Crippen LogP contribution in [0.25, 0.3) is 0 Å². The van der Waals surface area contributed by atoms with Crippen LogP contribution in [0.1, 0.15) is 6.92 Å². The Morgan fingerprint density at radius 1 is 1.60 bits per heavy atom. The molecule has 1 unspecified atom stereocenters. The average Bonchev–Trinajstić information content (AvgIpc) is 1.88. The van der Waals surface area contributed by atoms with E-state index in [1.165, 1.54) is 6.08 Å². The van der Waals surface area contributed by atoms with Crippen molar-refractivity contribution in [2.45, 2.75) is 13.0 Å². The molecule has 2 heteroatoms. The minimum atomic E-state index is -0.343. The lowest BCUT2D eigenvalue weighted by Crippen LogP contribution is -2.23. The number of carbonyl (C=O) groups excluding carboxylic acids is 1. The fraction of sp³-hybridized carbons (Fsp3) is 0.375. The van der Waals surface area contributed by atoms with Crippen LogP contribution in [0, 0.1) is 0 Å². The minimum Gasteiger partial charge on any atom is -0.369 e. The smallest absolute Gasteiger partial charge is 0.188 e. The second kappa shape index (κ2) is 2.80. The molecule has 0 aromatic carbocycles. The molecule has 0 aliphatic heterocycles. The van der Waals surface area contributed by atoms with Gasteiger partial charge < -0.3 is 4.74 Å². The van der Waals surface area contributed by atoms with Crippen molar-refractivity contribution < 1.29 is 9.53 Å². The van der Waals surface area contributed by atoms with Crippen molar-refractivity contribution in [1.29, 1.82) is 0 Å². The minimum absolute atomic E-state index is 0.0301. The molecule has 1 atom stereocenters. The van der Waals surface area contributed by atoms with Crippen molar-refractivity contribution in [2.75, 3.05) is 7.11 Å². The van der Waals surface area contributed by atoms with Gasteiger partial charge in [0.2, 0.25) is 0 Å². The van der Waals surface area contributed by atoms with E-state index in [9.17, 15) is 4.79 Å². The van der Waals surface area contributed by atoms with Gasteiger partial charge in [-0.05, 0) is 18.6 Å². The predicted molar refractivity (Wildman–Crippen MR) is 38.7 cm³/mol. The summed E-state index contributed by atoms with van der Waals surface area (Å²) in [5.41, 5.74) is 0.968. The van der Waals surface area contributed by atoms with E-state index in [0.717, 1.165) is 5.57 Å². The number of allylic oxidation sites excluding steroid dienone is 2. The van der Waals surface area contributed by atoms with Gasteiger partial charge in [0, 0.05) is 7.11 Å². The summed E-state index contributed by atoms with van der Waals surface area (Å²) in [5, 5.41) is 0. The number of hydrogen-bond acceptors (Lipinski definition) is 2. The summed E-state index contributed by atoms with van der Waals surface area (Å²) in [6, 6.07) is 0. The second-order valence-electron chi connectivity index (χ2n) is 2.29. The van der Waals surface area contributed by atoms with Crippen LogP contribution in [0.3, 0.4) is 0 Å². The monoisotopic (exact) mass is 138 g/mol. The third-order valence-electron chi connectivity index (χ3n) is 1.53. The van der Waals surface area contributed by atoms with Crippen molar-refractivity contribution in [2.24, 2.45) is 0 Å². The Balaban J connectivity index is 2.81. The highest BCUT2D eigenvalue weighted by Gasteiger charge is 2.18. The quantitative estimate of drug-likeness (QED) is 0.542. The Morgan fingerprint density at radius 3 is 2.70 bits per heavy atom. The van der Waals surface area contributed by atoms with Crippen LogP contribution in [-0.2, 0) is 9.53 Å². The molecular weight excluding hydrogens is 128 g/mol. The second-order valence-corrected chi connectivity index (χ2v) is 2.29. The number of carbonyl (C=O) groups is 1. The highest BCUT2D eigenvalue weighted by Crippen LogP contribution is 2.11. The molecule has 0 heterocycles. The third kappa shape index (κ3) is 1.16. The van der Waals surface area contributed by atoms with Crippen molar-refractivity contribution in [1.82, 2.24) is 0 Å². The molecular formula is C8H10O2. The van der Waals surface area contributed by atoms with Gasteiger partial charge in [-0.2, -0.15) is 0 Å². The first-order valence-corrected chi connectivity index (χ1v) is 3.17. The zero-order valence-electron chi connectivity index (χ0n) is 6.13. The van der Waals surface area contributed by atoms with Crippen LogP contribution in [-0.4, -0.2) is 19.0 Å². The topological polar surface area (TPSA) is 26.3 Å². The zero-order chi connectivity index (χ0) is 7.56. The summed E-state index contributed by atoms with van der Waals surface area (Å²) in [7, 11) is 1.54. The zero-order valence-corrected chi connectivity index (χ0v) is 6.13. The Kier molecular flexibility index (Phi) is 2.02. The van der Waals surface area contributed by atoms with Crippen LogP contribution in [0.5, 0.6) is 0 Å². The molecule has 1 aliphatic rings. The summed E-state index contributed by atoms with van der Waals surface area (Å²) in [6.07, 6.45) is 4.81. The van der Waals surface area contributed by atoms with Crippen LogP contribution < -0.4 is 0 Å². The average molecular weight is 138 g/mol. The van der Waals surface area contributed by atoms with Crippen LogP contribution in [0.15, 0.2) is 23.8 Å². The molecule has 0 radical (unpaired) electrons. The summed E-state index contributed by atoms with van der Waals surface area (Å²) < 4.78 is 4.95. The summed E-state index contributed by atoms with van der Waals surface area (Å²) in [5.74, 6) is 0.0301. The van der Waals surface area contributed by atoms with Crippen molar-refractivity contribution in [3.8, 4) is 0 Å². The van der Waals surface area contributed by atoms with Gasteiger partial charge in [0.1, 0.15) is 6.10 Å². The molecule has 0 aromatic rings.